The first-order valence-electron chi connectivity index (χ1n) is 9.08. The van der Waals surface area contributed by atoms with E-state index < -0.39 is 0 Å². The van der Waals surface area contributed by atoms with Crippen LogP contribution in [0.15, 0.2) is 36.7 Å². The monoisotopic (exact) mass is 323 g/mol. The molecule has 0 aromatic carbocycles. The van der Waals surface area contributed by atoms with Crippen LogP contribution in [0, 0.1) is 11.8 Å². The summed E-state index contributed by atoms with van der Waals surface area (Å²) in [6.07, 6.45) is 13.9. The Labute approximate surface area is 143 Å². The smallest absolute Gasteiger partial charge is 0.151 e. The van der Waals surface area contributed by atoms with Gasteiger partial charge in [-0.2, -0.15) is 5.10 Å². The molecular formula is C19H25N5. The maximum Gasteiger partial charge on any atom is 0.151 e. The van der Waals surface area contributed by atoms with Crippen molar-refractivity contribution in [1.29, 1.82) is 0 Å². The van der Waals surface area contributed by atoms with Crippen molar-refractivity contribution < 1.29 is 0 Å². The number of nitrogens with two attached hydrogens (primary N) is 1. The minimum atomic E-state index is 0.147. The molecule has 1 saturated carbocycles. The Morgan fingerprint density at radius 1 is 1.17 bits per heavy atom. The summed E-state index contributed by atoms with van der Waals surface area (Å²) in [6.45, 7) is 2.22. The molecular weight excluding hydrogens is 298 g/mol. The Morgan fingerprint density at radius 2 is 1.96 bits per heavy atom. The minimum absolute atomic E-state index is 0.147. The second-order valence-electron chi connectivity index (χ2n) is 7.01. The molecule has 2 bridgehead atoms. The lowest BCUT2D eigenvalue weighted by Gasteiger charge is -2.24. The van der Waals surface area contributed by atoms with Gasteiger partial charge in [0, 0.05) is 30.8 Å². The maximum atomic E-state index is 6.53. The van der Waals surface area contributed by atoms with E-state index >= 15 is 0 Å². The van der Waals surface area contributed by atoms with Crippen LogP contribution in [-0.2, 0) is 6.42 Å². The Morgan fingerprint density at radius 3 is 2.67 bits per heavy atom. The topological polar surface area (TPSA) is 69.6 Å². The van der Waals surface area contributed by atoms with Crippen LogP contribution in [0.25, 0.3) is 5.69 Å². The number of pyridine rings is 1. The molecule has 2 N–H and O–H groups in total. The number of aromatic nitrogens is 4. The molecule has 4 rings (SSSR count). The third kappa shape index (κ3) is 2.67. The lowest BCUT2D eigenvalue weighted by molar-refractivity contribution is 0.473. The molecule has 2 aliphatic carbocycles. The van der Waals surface area contributed by atoms with Crippen molar-refractivity contribution in [2.45, 2.75) is 51.0 Å². The molecule has 0 radical (unpaired) electrons. The summed E-state index contributed by atoms with van der Waals surface area (Å²) in [4.78, 5) is 9.05. The predicted octanol–water partition coefficient (Wildman–Crippen LogP) is 3.01. The second kappa shape index (κ2) is 6.48. The Bertz CT molecular complexity index is 721. The van der Waals surface area contributed by atoms with Crippen LogP contribution < -0.4 is 5.73 Å². The van der Waals surface area contributed by atoms with Gasteiger partial charge in [-0.1, -0.05) is 31.9 Å². The SMILES string of the molecule is CCCCCc1nc(C2C3C=CC(C3)C2N)n(-c2ccncc2)n1. The molecule has 2 aromatic rings. The summed E-state index contributed by atoms with van der Waals surface area (Å²) >= 11 is 0. The van der Waals surface area contributed by atoms with Gasteiger partial charge < -0.3 is 5.73 Å². The van der Waals surface area contributed by atoms with Crippen molar-refractivity contribution in [3.05, 3.63) is 48.3 Å². The maximum absolute atomic E-state index is 6.53. The molecule has 1 fully saturated rings. The van der Waals surface area contributed by atoms with Gasteiger partial charge in [0.1, 0.15) is 5.82 Å². The largest absolute Gasteiger partial charge is 0.326 e. The molecule has 24 heavy (non-hydrogen) atoms. The highest BCUT2D eigenvalue weighted by molar-refractivity contribution is 5.33. The fourth-order valence-corrected chi connectivity index (χ4v) is 4.12. The number of fused-ring (bicyclic) bond motifs is 2. The minimum Gasteiger partial charge on any atom is -0.326 e. The van der Waals surface area contributed by atoms with Crippen LogP contribution in [-0.4, -0.2) is 25.8 Å². The van der Waals surface area contributed by atoms with Gasteiger partial charge >= 0.3 is 0 Å². The van der Waals surface area contributed by atoms with Gasteiger partial charge in [0.05, 0.1) is 5.69 Å². The van der Waals surface area contributed by atoms with Gasteiger partial charge in [-0.15, -0.1) is 0 Å². The molecule has 5 heteroatoms. The number of rotatable bonds is 6. The second-order valence-corrected chi connectivity index (χ2v) is 7.01. The molecule has 0 spiro atoms. The van der Waals surface area contributed by atoms with Gasteiger partial charge in [0.15, 0.2) is 5.82 Å². The lowest BCUT2D eigenvalue weighted by atomic mass is 9.88. The van der Waals surface area contributed by atoms with Crippen LogP contribution >= 0.6 is 0 Å². The Hall–Kier alpha value is -2.01. The molecule has 2 aromatic heterocycles. The fourth-order valence-electron chi connectivity index (χ4n) is 4.12. The van der Waals surface area contributed by atoms with E-state index in [4.69, 9.17) is 15.8 Å². The highest BCUT2D eigenvalue weighted by Crippen LogP contribution is 2.47. The molecule has 4 atom stereocenters. The number of hydrogen-bond donors (Lipinski definition) is 1. The van der Waals surface area contributed by atoms with Gasteiger partial charge in [-0.25, -0.2) is 9.67 Å². The van der Waals surface area contributed by atoms with E-state index in [0.29, 0.717) is 11.8 Å². The highest BCUT2D eigenvalue weighted by Gasteiger charge is 2.45. The van der Waals surface area contributed by atoms with Gasteiger partial charge in [-0.05, 0) is 36.8 Å². The number of unbranched alkanes of at least 4 members (excludes halogenated alkanes) is 2. The molecule has 5 nitrogen and oxygen atoms in total. The fraction of sp³-hybridized carbons (Fsp3) is 0.526. The van der Waals surface area contributed by atoms with Gasteiger partial charge in [0.2, 0.25) is 0 Å². The van der Waals surface area contributed by atoms with Crippen LogP contribution in [0.4, 0.5) is 0 Å². The standard InChI is InChI=1S/C19H25N5/c1-2-3-4-5-16-22-19(17-13-6-7-14(12-13)18(17)20)24(23-16)15-8-10-21-11-9-15/h6-11,13-14,17-18H,2-5,12,20H2,1H3. The number of aryl methyl sites for hydroxylation is 1. The van der Waals surface area contributed by atoms with E-state index in [-0.39, 0.29) is 12.0 Å². The third-order valence-corrected chi connectivity index (χ3v) is 5.41. The van der Waals surface area contributed by atoms with Crippen molar-refractivity contribution in [3.63, 3.8) is 0 Å². The van der Waals surface area contributed by atoms with E-state index in [1.807, 2.05) is 16.8 Å². The summed E-state index contributed by atoms with van der Waals surface area (Å²) in [7, 11) is 0. The predicted molar refractivity (Wildman–Crippen MR) is 93.8 cm³/mol. The van der Waals surface area contributed by atoms with Crippen molar-refractivity contribution in [2.75, 3.05) is 0 Å². The summed E-state index contributed by atoms with van der Waals surface area (Å²) in [5, 5.41) is 4.81. The zero-order valence-corrected chi connectivity index (χ0v) is 14.2. The first kappa shape index (κ1) is 15.5. The van der Waals surface area contributed by atoms with E-state index in [9.17, 15) is 0 Å². The van der Waals surface area contributed by atoms with E-state index in [0.717, 1.165) is 36.6 Å². The Kier molecular flexibility index (Phi) is 4.19. The van der Waals surface area contributed by atoms with Crippen LogP contribution in [0.2, 0.25) is 0 Å². The quantitative estimate of drug-likeness (QED) is 0.655. The molecule has 0 aliphatic heterocycles. The van der Waals surface area contributed by atoms with E-state index in [1.165, 1.54) is 12.8 Å². The molecule has 126 valence electrons. The van der Waals surface area contributed by atoms with Crippen LogP contribution in [0.5, 0.6) is 0 Å². The molecule has 0 saturated heterocycles. The van der Waals surface area contributed by atoms with Gasteiger partial charge in [0.25, 0.3) is 0 Å². The van der Waals surface area contributed by atoms with Crippen molar-refractivity contribution in [2.24, 2.45) is 17.6 Å². The molecule has 2 aliphatic rings. The molecule has 4 unspecified atom stereocenters. The number of nitrogens with zero attached hydrogens (tertiary/aromatic N) is 4. The van der Waals surface area contributed by atoms with E-state index in [1.54, 1.807) is 12.4 Å². The lowest BCUT2D eigenvalue weighted by Crippen LogP contribution is -2.33. The molecule has 0 amide bonds. The summed E-state index contributed by atoms with van der Waals surface area (Å²) in [5.74, 6) is 3.22. The van der Waals surface area contributed by atoms with E-state index in [2.05, 4.69) is 24.1 Å². The Balaban J connectivity index is 1.70. The third-order valence-electron chi connectivity index (χ3n) is 5.41. The van der Waals surface area contributed by atoms with Crippen molar-refractivity contribution in [3.8, 4) is 5.69 Å². The van der Waals surface area contributed by atoms with Gasteiger partial charge in [-0.3, -0.25) is 4.98 Å². The summed E-state index contributed by atoms with van der Waals surface area (Å²) in [6, 6.07) is 4.12. The van der Waals surface area contributed by atoms with Crippen LogP contribution in [0.1, 0.15) is 50.2 Å². The van der Waals surface area contributed by atoms with Crippen LogP contribution in [0.3, 0.4) is 0 Å². The molecule has 2 heterocycles. The normalized spacial score (nSPS) is 27.9. The first-order chi connectivity index (χ1) is 11.8. The van der Waals surface area contributed by atoms with Crippen molar-refractivity contribution in [1.82, 2.24) is 19.7 Å². The first-order valence-corrected chi connectivity index (χ1v) is 9.08. The zero-order chi connectivity index (χ0) is 16.5. The average Bonchev–Trinajstić information content (AvgIpc) is 3.30. The zero-order valence-electron chi connectivity index (χ0n) is 14.2. The number of allylic oxidation sites excluding steroid dienone is 1. The summed E-state index contributed by atoms with van der Waals surface area (Å²) in [5.41, 5.74) is 7.55. The summed E-state index contributed by atoms with van der Waals surface area (Å²) < 4.78 is 2.00. The number of hydrogen-bond acceptors (Lipinski definition) is 4. The highest BCUT2D eigenvalue weighted by atomic mass is 15.4. The van der Waals surface area contributed by atoms with Crippen molar-refractivity contribution >= 4 is 0 Å². The average molecular weight is 323 g/mol.